The van der Waals surface area contributed by atoms with Gasteiger partial charge in [-0.25, -0.2) is 0 Å². The predicted octanol–water partition coefficient (Wildman–Crippen LogP) is 2.68. The first kappa shape index (κ1) is 14.3. The molecule has 0 saturated heterocycles. The average molecular weight is 249 g/mol. The lowest BCUT2D eigenvalue weighted by Crippen LogP contribution is -2.11. The van der Waals surface area contributed by atoms with Crippen molar-refractivity contribution in [1.82, 2.24) is 0 Å². The quantitative estimate of drug-likeness (QED) is 0.842. The minimum atomic E-state index is -0.820. The van der Waals surface area contributed by atoms with Gasteiger partial charge in [0.05, 0.1) is 32.3 Å². The van der Waals surface area contributed by atoms with Crippen molar-refractivity contribution in [3.05, 3.63) is 23.8 Å². The van der Waals surface area contributed by atoms with Crippen LogP contribution in [0.5, 0.6) is 11.5 Å². The summed E-state index contributed by atoms with van der Waals surface area (Å²) in [7, 11) is 3.11. The highest BCUT2D eigenvalue weighted by atomic mass is 16.5. The van der Waals surface area contributed by atoms with Gasteiger partial charge in [-0.15, -0.1) is 0 Å². The summed E-state index contributed by atoms with van der Waals surface area (Å²) in [5, 5.41) is 19.3. The second-order valence-corrected chi connectivity index (χ2v) is 4.12. The first-order valence-electron chi connectivity index (χ1n) is 5.96. The molecule has 1 aromatic carbocycles. The molecule has 0 aromatic heterocycles. The molecular formula is C14H19NO3. The SMILES string of the molecule is CCCC(C#N)C(O)c1cc(OC)cc(OC)c1. The standard InChI is InChI=1S/C14H19NO3/c1-4-5-10(9-15)14(16)11-6-12(17-2)8-13(7-11)18-3/h6-8,10,14,16H,4-5H2,1-3H3. The number of hydrogen-bond acceptors (Lipinski definition) is 4. The van der Waals surface area contributed by atoms with Crippen LogP contribution in [-0.4, -0.2) is 19.3 Å². The van der Waals surface area contributed by atoms with Crippen LogP contribution in [-0.2, 0) is 0 Å². The van der Waals surface area contributed by atoms with E-state index in [9.17, 15) is 5.11 Å². The lowest BCUT2D eigenvalue weighted by molar-refractivity contribution is 0.129. The largest absolute Gasteiger partial charge is 0.497 e. The molecule has 2 unspecified atom stereocenters. The molecule has 0 spiro atoms. The number of aliphatic hydroxyl groups excluding tert-OH is 1. The van der Waals surface area contributed by atoms with Crippen LogP contribution < -0.4 is 9.47 Å². The van der Waals surface area contributed by atoms with E-state index < -0.39 is 12.0 Å². The summed E-state index contributed by atoms with van der Waals surface area (Å²) in [5.41, 5.74) is 0.645. The maximum Gasteiger partial charge on any atom is 0.122 e. The number of aliphatic hydroxyl groups is 1. The number of nitriles is 1. The smallest absolute Gasteiger partial charge is 0.122 e. The van der Waals surface area contributed by atoms with E-state index in [1.54, 1.807) is 32.4 Å². The molecule has 4 heteroatoms. The van der Waals surface area contributed by atoms with Gasteiger partial charge in [0.15, 0.2) is 0 Å². The van der Waals surface area contributed by atoms with Gasteiger partial charge in [0.2, 0.25) is 0 Å². The molecule has 0 saturated carbocycles. The maximum absolute atomic E-state index is 10.2. The Kier molecular flexibility index (Phi) is 5.47. The third-order valence-corrected chi connectivity index (χ3v) is 2.86. The van der Waals surface area contributed by atoms with Gasteiger partial charge in [0.1, 0.15) is 11.5 Å². The molecule has 0 heterocycles. The van der Waals surface area contributed by atoms with E-state index in [-0.39, 0.29) is 0 Å². The molecular weight excluding hydrogens is 230 g/mol. The average Bonchev–Trinajstić information content (AvgIpc) is 2.43. The highest BCUT2D eigenvalue weighted by molar-refractivity contribution is 5.39. The third-order valence-electron chi connectivity index (χ3n) is 2.86. The lowest BCUT2D eigenvalue weighted by atomic mass is 9.93. The molecule has 18 heavy (non-hydrogen) atoms. The van der Waals surface area contributed by atoms with Crippen molar-refractivity contribution in [2.75, 3.05) is 14.2 Å². The van der Waals surface area contributed by atoms with Crippen LogP contribution in [0.4, 0.5) is 0 Å². The van der Waals surface area contributed by atoms with Crippen LogP contribution in [0.3, 0.4) is 0 Å². The Morgan fingerprint density at radius 2 is 1.78 bits per heavy atom. The van der Waals surface area contributed by atoms with Crippen molar-refractivity contribution in [3.8, 4) is 17.6 Å². The highest BCUT2D eigenvalue weighted by Gasteiger charge is 2.21. The molecule has 0 fully saturated rings. The molecule has 2 atom stereocenters. The second kappa shape index (κ2) is 6.87. The van der Waals surface area contributed by atoms with Crippen molar-refractivity contribution in [1.29, 1.82) is 5.26 Å². The molecule has 98 valence electrons. The highest BCUT2D eigenvalue weighted by Crippen LogP contribution is 2.31. The molecule has 4 nitrogen and oxygen atoms in total. The Balaban J connectivity index is 3.03. The minimum absolute atomic E-state index is 0.410. The lowest BCUT2D eigenvalue weighted by Gasteiger charge is -2.18. The molecule has 1 aromatic rings. The molecule has 0 bridgehead atoms. The van der Waals surface area contributed by atoms with Crippen LogP contribution in [0, 0.1) is 17.2 Å². The fourth-order valence-electron chi connectivity index (χ4n) is 1.84. The number of ether oxygens (including phenoxy) is 2. The normalized spacial score (nSPS) is 13.5. The van der Waals surface area contributed by atoms with E-state index in [1.165, 1.54) is 0 Å². The maximum atomic E-state index is 10.2. The molecule has 0 radical (unpaired) electrons. The second-order valence-electron chi connectivity index (χ2n) is 4.12. The Hall–Kier alpha value is -1.73. The summed E-state index contributed by atoms with van der Waals surface area (Å²) in [5.74, 6) is 0.806. The fraction of sp³-hybridized carbons (Fsp3) is 0.500. The Morgan fingerprint density at radius 3 is 2.17 bits per heavy atom. The summed E-state index contributed by atoms with van der Waals surface area (Å²) in [6.45, 7) is 1.99. The number of nitrogens with zero attached hydrogens (tertiary/aromatic N) is 1. The van der Waals surface area contributed by atoms with Gasteiger partial charge in [0, 0.05) is 6.07 Å². The van der Waals surface area contributed by atoms with Crippen LogP contribution in [0.15, 0.2) is 18.2 Å². The van der Waals surface area contributed by atoms with Gasteiger partial charge < -0.3 is 14.6 Å². The molecule has 0 aliphatic rings. The fourth-order valence-corrected chi connectivity index (χ4v) is 1.84. The minimum Gasteiger partial charge on any atom is -0.497 e. The zero-order chi connectivity index (χ0) is 13.5. The van der Waals surface area contributed by atoms with Crippen molar-refractivity contribution in [3.63, 3.8) is 0 Å². The molecule has 0 amide bonds. The van der Waals surface area contributed by atoms with Gasteiger partial charge in [0.25, 0.3) is 0 Å². The Bertz CT molecular complexity index is 403. The van der Waals surface area contributed by atoms with Crippen LogP contribution in [0.1, 0.15) is 31.4 Å². The number of methoxy groups -OCH3 is 2. The van der Waals surface area contributed by atoms with E-state index in [4.69, 9.17) is 14.7 Å². The van der Waals surface area contributed by atoms with Crippen molar-refractivity contribution >= 4 is 0 Å². The van der Waals surface area contributed by atoms with Crippen molar-refractivity contribution in [2.45, 2.75) is 25.9 Å². The molecule has 0 aliphatic carbocycles. The third kappa shape index (κ3) is 3.38. The van der Waals surface area contributed by atoms with E-state index in [1.807, 2.05) is 6.92 Å². The van der Waals surface area contributed by atoms with Crippen LogP contribution in [0.2, 0.25) is 0 Å². The first-order valence-corrected chi connectivity index (χ1v) is 5.96. The van der Waals surface area contributed by atoms with E-state index >= 15 is 0 Å². The molecule has 1 rings (SSSR count). The number of rotatable bonds is 6. The summed E-state index contributed by atoms with van der Waals surface area (Å²) in [4.78, 5) is 0. The van der Waals surface area contributed by atoms with Crippen LogP contribution in [0.25, 0.3) is 0 Å². The van der Waals surface area contributed by atoms with Crippen molar-refractivity contribution < 1.29 is 14.6 Å². The van der Waals surface area contributed by atoms with E-state index in [2.05, 4.69) is 6.07 Å². The summed E-state index contributed by atoms with van der Waals surface area (Å²) >= 11 is 0. The Morgan fingerprint density at radius 1 is 1.22 bits per heavy atom. The van der Waals surface area contributed by atoms with E-state index in [0.29, 0.717) is 23.5 Å². The Labute approximate surface area is 108 Å². The summed E-state index contributed by atoms with van der Waals surface area (Å²) < 4.78 is 10.3. The summed E-state index contributed by atoms with van der Waals surface area (Å²) in [6, 6.07) is 7.34. The van der Waals surface area contributed by atoms with Gasteiger partial charge in [-0.1, -0.05) is 13.3 Å². The zero-order valence-corrected chi connectivity index (χ0v) is 11.0. The van der Waals surface area contributed by atoms with Gasteiger partial charge in [-0.2, -0.15) is 5.26 Å². The van der Waals surface area contributed by atoms with Gasteiger partial charge >= 0.3 is 0 Å². The molecule has 1 N–H and O–H groups in total. The number of hydrogen-bond donors (Lipinski definition) is 1. The first-order chi connectivity index (χ1) is 8.65. The van der Waals surface area contributed by atoms with Crippen LogP contribution >= 0.6 is 0 Å². The monoisotopic (exact) mass is 249 g/mol. The van der Waals surface area contributed by atoms with Crippen molar-refractivity contribution in [2.24, 2.45) is 5.92 Å². The van der Waals surface area contributed by atoms with Gasteiger partial charge in [-0.3, -0.25) is 0 Å². The predicted molar refractivity (Wildman–Crippen MR) is 68.5 cm³/mol. The summed E-state index contributed by atoms with van der Waals surface area (Å²) in [6.07, 6.45) is 0.701. The molecule has 0 aliphatic heterocycles. The van der Waals surface area contributed by atoms with E-state index in [0.717, 1.165) is 6.42 Å². The number of benzene rings is 1. The zero-order valence-electron chi connectivity index (χ0n) is 11.0. The van der Waals surface area contributed by atoms with Gasteiger partial charge in [-0.05, 0) is 24.1 Å². The topological polar surface area (TPSA) is 62.5 Å².